The van der Waals surface area contributed by atoms with Crippen LogP contribution >= 0.6 is 0 Å². The lowest BCUT2D eigenvalue weighted by Crippen LogP contribution is -2.38. The van der Waals surface area contributed by atoms with E-state index in [4.69, 9.17) is 14.2 Å². The van der Waals surface area contributed by atoms with Gasteiger partial charge in [0.1, 0.15) is 6.61 Å². The molecule has 20 heavy (non-hydrogen) atoms. The third-order valence-corrected chi connectivity index (χ3v) is 2.85. The third kappa shape index (κ3) is 7.91. The summed E-state index contributed by atoms with van der Waals surface area (Å²) in [6, 6.07) is 0. The minimum atomic E-state index is -0.522. The summed E-state index contributed by atoms with van der Waals surface area (Å²) in [5, 5.41) is 0. The van der Waals surface area contributed by atoms with E-state index >= 15 is 0 Å². The van der Waals surface area contributed by atoms with Crippen molar-refractivity contribution in [3.63, 3.8) is 0 Å². The summed E-state index contributed by atoms with van der Waals surface area (Å²) in [5.41, 5.74) is 0. The van der Waals surface area contributed by atoms with Crippen LogP contribution in [0.25, 0.3) is 0 Å². The van der Waals surface area contributed by atoms with E-state index in [-0.39, 0.29) is 0 Å². The maximum absolute atomic E-state index is 11.4. The van der Waals surface area contributed by atoms with Crippen LogP contribution in [-0.2, 0) is 23.8 Å². The van der Waals surface area contributed by atoms with Crippen LogP contribution in [0.4, 0.5) is 0 Å². The fraction of sp³-hybridized carbons (Fsp3) is 0.714. The normalized spacial score (nSPS) is 16.2. The van der Waals surface area contributed by atoms with E-state index in [2.05, 4.69) is 4.90 Å². The van der Waals surface area contributed by atoms with Gasteiger partial charge in [-0.1, -0.05) is 13.3 Å². The molecule has 1 heterocycles. The minimum absolute atomic E-state index is 0.314. The summed E-state index contributed by atoms with van der Waals surface area (Å²) < 4.78 is 15.1. The number of hydrogen-bond acceptors (Lipinski definition) is 6. The smallest absolute Gasteiger partial charge is 0.331 e. The molecule has 1 saturated heterocycles. The van der Waals surface area contributed by atoms with Crippen molar-refractivity contribution in [3.8, 4) is 0 Å². The molecule has 0 aromatic carbocycles. The summed E-state index contributed by atoms with van der Waals surface area (Å²) in [4.78, 5) is 24.7. The van der Waals surface area contributed by atoms with Crippen LogP contribution in [0, 0.1) is 0 Å². The number of esters is 2. The predicted octanol–water partition coefficient (Wildman–Crippen LogP) is 0.761. The number of nitrogens with zero attached hydrogens (tertiary/aromatic N) is 1. The Hall–Kier alpha value is -1.40. The number of morpholine rings is 1. The molecule has 0 unspecified atom stereocenters. The molecule has 0 saturated carbocycles. The molecule has 0 aromatic heterocycles. The number of carbonyl (C=O) groups is 2. The van der Waals surface area contributed by atoms with Crippen LogP contribution in [0.1, 0.15) is 19.8 Å². The van der Waals surface area contributed by atoms with E-state index in [9.17, 15) is 9.59 Å². The summed E-state index contributed by atoms with van der Waals surface area (Å²) in [6.45, 7) is 6.54. The Labute approximate surface area is 119 Å². The summed E-state index contributed by atoms with van der Waals surface area (Å²) in [6.07, 6.45) is 3.99. The highest BCUT2D eigenvalue weighted by Crippen LogP contribution is 1.96. The van der Waals surface area contributed by atoms with Crippen molar-refractivity contribution in [2.24, 2.45) is 0 Å². The van der Waals surface area contributed by atoms with Gasteiger partial charge in [0, 0.05) is 31.8 Å². The summed E-state index contributed by atoms with van der Waals surface area (Å²) in [5.74, 6) is -1.03. The van der Waals surface area contributed by atoms with Crippen LogP contribution in [0.15, 0.2) is 12.2 Å². The van der Waals surface area contributed by atoms with Crippen LogP contribution in [-0.4, -0.2) is 62.9 Å². The standard InChI is InChI=1S/C14H23NO5/c1-2-3-9-19-13(16)4-5-14(17)20-12-8-15-6-10-18-11-7-15/h4-5H,2-3,6-12H2,1H3. The number of rotatable bonds is 8. The Morgan fingerprint density at radius 3 is 2.30 bits per heavy atom. The lowest BCUT2D eigenvalue weighted by Gasteiger charge is -2.25. The van der Waals surface area contributed by atoms with Gasteiger partial charge in [0.2, 0.25) is 0 Å². The Bertz CT molecular complexity index is 324. The molecular formula is C14H23NO5. The second-order valence-corrected chi connectivity index (χ2v) is 4.48. The van der Waals surface area contributed by atoms with Crippen molar-refractivity contribution < 1.29 is 23.8 Å². The van der Waals surface area contributed by atoms with Gasteiger partial charge in [-0.3, -0.25) is 4.90 Å². The highest BCUT2D eigenvalue weighted by atomic mass is 16.5. The van der Waals surface area contributed by atoms with E-state index in [1.807, 2.05) is 6.92 Å². The van der Waals surface area contributed by atoms with Crippen molar-refractivity contribution in [2.45, 2.75) is 19.8 Å². The average molecular weight is 285 g/mol. The molecule has 0 atom stereocenters. The van der Waals surface area contributed by atoms with E-state index < -0.39 is 11.9 Å². The molecule has 0 aromatic rings. The largest absolute Gasteiger partial charge is 0.463 e. The first-order valence-electron chi connectivity index (χ1n) is 7.04. The van der Waals surface area contributed by atoms with Gasteiger partial charge in [-0.05, 0) is 6.42 Å². The molecule has 0 amide bonds. The van der Waals surface area contributed by atoms with Gasteiger partial charge in [-0.2, -0.15) is 0 Å². The lowest BCUT2D eigenvalue weighted by atomic mass is 10.4. The maximum atomic E-state index is 11.4. The Kier molecular flexibility index (Phi) is 8.66. The van der Waals surface area contributed by atoms with Gasteiger partial charge in [0.05, 0.1) is 19.8 Å². The van der Waals surface area contributed by atoms with Crippen LogP contribution in [0.3, 0.4) is 0 Å². The van der Waals surface area contributed by atoms with E-state index in [0.29, 0.717) is 19.8 Å². The van der Waals surface area contributed by atoms with Crippen molar-refractivity contribution in [1.82, 2.24) is 4.90 Å². The number of unbranched alkanes of at least 4 members (excludes halogenated alkanes) is 1. The molecule has 1 fully saturated rings. The average Bonchev–Trinajstić information content (AvgIpc) is 2.46. The minimum Gasteiger partial charge on any atom is -0.463 e. The Morgan fingerprint density at radius 1 is 1.10 bits per heavy atom. The zero-order valence-corrected chi connectivity index (χ0v) is 12.0. The summed E-state index contributed by atoms with van der Waals surface area (Å²) >= 11 is 0. The monoisotopic (exact) mass is 285 g/mol. The topological polar surface area (TPSA) is 65.1 Å². The van der Waals surface area contributed by atoms with Crippen molar-refractivity contribution in [3.05, 3.63) is 12.2 Å². The fourth-order valence-corrected chi connectivity index (χ4v) is 1.65. The number of carbonyl (C=O) groups excluding carboxylic acids is 2. The quantitative estimate of drug-likeness (QED) is 0.373. The Balaban J connectivity index is 2.08. The number of ether oxygens (including phenoxy) is 3. The molecule has 6 nitrogen and oxygen atoms in total. The molecule has 0 N–H and O–H groups in total. The van der Waals surface area contributed by atoms with Crippen molar-refractivity contribution >= 4 is 11.9 Å². The lowest BCUT2D eigenvalue weighted by molar-refractivity contribution is -0.140. The van der Waals surface area contributed by atoms with E-state index in [1.165, 1.54) is 0 Å². The molecular weight excluding hydrogens is 262 g/mol. The molecule has 114 valence electrons. The second-order valence-electron chi connectivity index (χ2n) is 4.48. The fourth-order valence-electron chi connectivity index (χ4n) is 1.65. The maximum Gasteiger partial charge on any atom is 0.331 e. The molecule has 6 heteroatoms. The molecule has 0 aliphatic carbocycles. The molecule has 0 radical (unpaired) electrons. The second kappa shape index (κ2) is 10.4. The van der Waals surface area contributed by atoms with Gasteiger partial charge < -0.3 is 14.2 Å². The molecule has 1 aliphatic rings. The van der Waals surface area contributed by atoms with Gasteiger partial charge in [-0.15, -0.1) is 0 Å². The van der Waals surface area contributed by atoms with Gasteiger partial charge >= 0.3 is 11.9 Å². The van der Waals surface area contributed by atoms with E-state index in [1.54, 1.807) is 0 Å². The first-order chi connectivity index (χ1) is 9.72. The highest BCUT2D eigenvalue weighted by Gasteiger charge is 2.10. The highest BCUT2D eigenvalue weighted by molar-refractivity contribution is 5.91. The van der Waals surface area contributed by atoms with Gasteiger partial charge in [0.25, 0.3) is 0 Å². The van der Waals surface area contributed by atoms with Crippen LogP contribution < -0.4 is 0 Å². The molecule has 0 bridgehead atoms. The zero-order chi connectivity index (χ0) is 14.6. The zero-order valence-electron chi connectivity index (χ0n) is 12.0. The van der Waals surface area contributed by atoms with Gasteiger partial charge in [-0.25, -0.2) is 9.59 Å². The predicted molar refractivity (Wildman–Crippen MR) is 73.2 cm³/mol. The molecule has 1 rings (SSSR count). The van der Waals surface area contributed by atoms with Crippen molar-refractivity contribution in [2.75, 3.05) is 46.1 Å². The number of hydrogen-bond donors (Lipinski definition) is 0. The molecule has 1 aliphatic heterocycles. The first kappa shape index (κ1) is 16.7. The van der Waals surface area contributed by atoms with Crippen molar-refractivity contribution in [1.29, 1.82) is 0 Å². The van der Waals surface area contributed by atoms with E-state index in [0.717, 1.165) is 51.3 Å². The third-order valence-electron chi connectivity index (χ3n) is 2.85. The van der Waals surface area contributed by atoms with Crippen LogP contribution in [0.2, 0.25) is 0 Å². The summed E-state index contributed by atoms with van der Waals surface area (Å²) in [7, 11) is 0. The van der Waals surface area contributed by atoms with Crippen LogP contribution in [0.5, 0.6) is 0 Å². The molecule has 0 spiro atoms. The van der Waals surface area contributed by atoms with Gasteiger partial charge in [0.15, 0.2) is 0 Å². The Morgan fingerprint density at radius 2 is 1.70 bits per heavy atom. The first-order valence-corrected chi connectivity index (χ1v) is 7.04. The SMILES string of the molecule is CCCCOC(=O)C=CC(=O)OCCN1CCOCC1.